The predicted molar refractivity (Wildman–Crippen MR) is 124 cm³/mol. The summed E-state index contributed by atoms with van der Waals surface area (Å²) in [7, 11) is 0. The van der Waals surface area contributed by atoms with Gasteiger partial charge in [0.15, 0.2) is 12.0 Å². The van der Waals surface area contributed by atoms with Gasteiger partial charge in [-0.15, -0.1) is 0 Å². The Balaban J connectivity index is 1.31. The van der Waals surface area contributed by atoms with Crippen LogP contribution < -0.4 is 10.7 Å². The highest BCUT2D eigenvalue weighted by Gasteiger charge is 2.15. The van der Waals surface area contributed by atoms with Crippen LogP contribution in [0.2, 0.25) is 0 Å². The number of para-hydroxylation sites is 2. The minimum absolute atomic E-state index is 0.0745. The van der Waals surface area contributed by atoms with Crippen molar-refractivity contribution in [1.29, 1.82) is 0 Å². The summed E-state index contributed by atoms with van der Waals surface area (Å²) >= 11 is 0. The molecule has 1 aliphatic carbocycles. The molecule has 1 aliphatic rings. The second-order valence-electron chi connectivity index (χ2n) is 8.00. The summed E-state index contributed by atoms with van der Waals surface area (Å²) in [6.07, 6.45) is 3.24. The van der Waals surface area contributed by atoms with Gasteiger partial charge in [-0.25, -0.2) is 0 Å². The molecule has 0 atom stereocenters. The molecule has 5 rings (SSSR count). The lowest BCUT2D eigenvalue weighted by Crippen LogP contribution is -2.24. The van der Waals surface area contributed by atoms with E-state index in [1.54, 1.807) is 41.0 Å². The standard InChI is InChI=1S/C26H22N2O4/c29-24(27-19-13-12-17-6-5-7-18(17)14-19)16-32-25(30)15-28-22-10-3-1-8-20(22)26(31)21-9-2-4-11-23(21)28/h1-4,8-14H,5-7,15-16H2,(H,27,29). The second-order valence-corrected chi connectivity index (χ2v) is 8.00. The van der Waals surface area contributed by atoms with Crippen LogP contribution in [0.25, 0.3) is 21.8 Å². The lowest BCUT2D eigenvalue weighted by molar-refractivity contribution is -0.147. The molecular formula is C26H22N2O4. The number of benzene rings is 3. The van der Waals surface area contributed by atoms with Crippen molar-refractivity contribution in [2.24, 2.45) is 0 Å². The van der Waals surface area contributed by atoms with Gasteiger partial charge in [0, 0.05) is 16.5 Å². The average Bonchev–Trinajstić information content (AvgIpc) is 3.28. The molecule has 6 heteroatoms. The number of anilines is 1. The first kappa shape index (κ1) is 20.0. The van der Waals surface area contributed by atoms with Crippen molar-refractivity contribution in [3.63, 3.8) is 0 Å². The molecule has 1 aromatic heterocycles. The summed E-state index contributed by atoms with van der Waals surface area (Å²) in [4.78, 5) is 37.7. The van der Waals surface area contributed by atoms with E-state index >= 15 is 0 Å². The molecule has 0 aliphatic heterocycles. The van der Waals surface area contributed by atoms with Crippen molar-refractivity contribution in [3.05, 3.63) is 88.1 Å². The van der Waals surface area contributed by atoms with Crippen LogP contribution >= 0.6 is 0 Å². The van der Waals surface area contributed by atoms with Gasteiger partial charge in [-0.1, -0.05) is 30.3 Å². The third kappa shape index (κ3) is 3.75. The lowest BCUT2D eigenvalue weighted by Gasteiger charge is -2.14. The topological polar surface area (TPSA) is 77.4 Å². The first-order valence-corrected chi connectivity index (χ1v) is 10.7. The van der Waals surface area contributed by atoms with E-state index in [9.17, 15) is 14.4 Å². The van der Waals surface area contributed by atoms with Crippen LogP contribution in [-0.2, 0) is 33.7 Å². The maximum atomic E-state index is 12.8. The zero-order valence-electron chi connectivity index (χ0n) is 17.5. The van der Waals surface area contributed by atoms with Crippen molar-refractivity contribution >= 4 is 39.4 Å². The smallest absolute Gasteiger partial charge is 0.326 e. The maximum absolute atomic E-state index is 12.8. The van der Waals surface area contributed by atoms with Crippen molar-refractivity contribution < 1.29 is 14.3 Å². The molecule has 3 aromatic carbocycles. The zero-order valence-corrected chi connectivity index (χ0v) is 17.5. The van der Waals surface area contributed by atoms with E-state index in [4.69, 9.17) is 4.74 Å². The molecule has 0 fully saturated rings. The number of carbonyl (C=O) groups is 2. The Hall–Kier alpha value is -3.93. The van der Waals surface area contributed by atoms with Gasteiger partial charge >= 0.3 is 5.97 Å². The van der Waals surface area contributed by atoms with E-state index in [1.807, 2.05) is 30.3 Å². The van der Waals surface area contributed by atoms with Gasteiger partial charge in [-0.2, -0.15) is 0 Å². The molecule has 6 nitrogen and oxygen atoms in total. The third-order valence-electron chi connectivity index (χ3n) is 5.91. The van der Waals surface area contributed by atoms with Gasteiger partial charge in [0.05, 0.1) is 11.0 Å². The summed E-state index contributed by atoms with van der Waals surface area (Å²) < 4.78 is 7.01. The van der Waals surface area contributed by atoms with E-state index in [-0.39, 0.29) is 24.5 Å². The second kappa shape index (κ2) is 8.30. The van der Waals surface area contributed by atoms with Crippen LogP contribution in [-0.4, -0.2) is 23.1 Å². The Labute approximate surface area is 184 Å². The monoisotopic (exact) mass is 426 g/mol. The van der Waals surface area contributed by atoms with Crippen LogP contribution in [0.1, 0.15) is 17.5 Å². The number of pyridine rings is 1. The maximum Gasteiger partial charge on any atom is 0.326 e. The average molecular weight is 426 g/mol. The summed E-state index contributed by atoms with van der Waals surface area (Å²) in [5.74, 6) is -0.932. The van der Waals surface area contributed by atoms with Crippen LogP contribution in [0.15, 0.2) is 71.5 Å². The minimum Gasteiger partial charge on any atom is -0.454 e. The molecule has 0 spiro atoms. The fraction of sp³-hybridized carbons (Fsp3) is 0.192. The Morgan fingerprint density at radius 2 is 1.53 bits per heavy atom. The van der Waals surface area contributed by atoms with Crippen molar-refractivity contribution in [2.75, 3.05) is 11.9 Å². The summed E-state index contributed by atoms with van der Waals surface area (Å²) in [5, 5.41) is 3.86. The van der Waals surface area contributed by atoms with Crippen molar-refractivity contribution in [1.82, 2.24) is 4.57 Å². The lowest BCUT2D eigenvalue weighted by atomic mass is 10.1. The van der Waals surface area contributed by atoms with Gasteiger partial charge < -0.3 is 14.6 Å². The fourth-order valence-electron chi connectivity index (χ4n) is 4.41. The number of aryl methyl sites for hydroxylation is 2. The minimum atomic E-state index is -0.548. The molecule has 1 amide bonds. The molecule has 0 radical (unpaired) electrons. The Morgan fingerprint density at radius 1 is 0.875 bits per heavy atom. The molecular weight excluding hydrogens is 404 g/mol. The Kier molecular flexibility index (Phi) is 5.19. The normalized spacial score (nSPS) is 12.6. The molecule has 0 unspecified atom stereocenters. The van der Waals surface area contributed by atoms with Crippen molar-refractivity contribution in [3.8, 4) is 0 Å². The summed E-state index contributed by atoms with van der Waals surface area (Å²) in [6, 6.07) is 20.2. The van der Waals surface area contributed by atoms with E-state index in [2.05, 4.69) is 5.32 Å². The number of hydrogen-bond donors (Lipinski definition) is 1. The van der Waals surface area contributed by atoms with E-state index in [1.165, 1.54) is 11.1 Å². The van der Waals surface area contributed by atoms with Gasteiger partial charge in [-0.3, -0.25) is 14.4 Å². The third-order valence-corrected chi connectivity index (χ3v) is 5.91. The number of rotatable bonds is 5. The molecule has 1 heterocycles. The number of aromatic nitrogens is 1. The summed E-state index contributed by atoms with van der Waals surface area (Å²) in [5.41, 5.74) is 4.52. The summed E-state index contributed by atoms with van der Waals surface area (Å²) in [6.45, 7) is -0.473. The number of amides is 1. The number of nitrogens with one attached hydrogen (secondary N) is 1. The molecule has 32 heavy (non-hydrogen) atoms. The molecule has 1 N–H and O–H groups in total. The number of ether oxygens (including phenoxy) is 1. The largest absolute Gasteiger partial charge is 0.454 e. The number of nitrogens with zero attached hydrogens (tertiary/aromatic N) is 1. The van der Waals surface area contributed by atoms with Gasteiger partial charge in [0.2, 0.25) is 0 Å². The van der Waals surface area contributed by atoms with E-state index < -0.39 is 5.97 Å². The predicted octanol–water partition coefficient (Wildman–Crippen LogP) is 3.83. The number of esters is 1. The molecule has 4 aromatic rings. The molecule has 0 saturated carbocycles. The van der Waals surface area contributed by atoms with Gasteiger partial charge in [-0.05, 0) is 66.8 Å². The Morgan fingerprint density at radius 3 is 2.25 bits per heavy atom. The fourth-order valence-corrected chi connectivity index (χ4v) is 4.41. The Bertz CT molecular complexity index is 1360. The van der Waals surface area contributed by atoms with Crippen LogP contribution in [0.4, 0.5) is 5.69 Å². The molecule has 0 bridgehead atoms. The molecule has 0 saturated heterocycles. The first-order chi connectivity index (χ1) is 15.6. The molecule has 160 valence electrons. The van der Waals surface area contributed by atoms with Crippen LogP contribution in [0, 0.1) is 0 Å². The van der Waals surface area contributed by atoms with Gasteiger partial charge in [0.25, 0.3) is 5.91 Å². The number of carbonyl (C=O) groups excluding carboxylic acids is 2. The van der Waals surface area contributed by atoms with Crippen LogP contribution in [0.3, 0.4) is 0 Å². The number of hydrogen-bond acceptors (Lipinski definition) is 4. The van der Waals surface area contributed by atoms with E-state index in [0.29, 0.717) is 27.5 Å². The quantitative estimate of drug-likeness (QED) is 0.389. The SMILES string of the molecule is O=C(COC(=O)Cn1c2ccccc2c(=O)c2ccccc21)Nc1ccc2c(c1)CCC2. The highest BCUT2D eigenvalue weighted by molar-refractivity contribution is 5.95. The van der Waals surface area contributed by atoms with Crippen molar-refractivity contribution in [2.45, 2.75) is 25.8 Å². The number of fused-ring (bicyclic) bond motifs is 3. The van der Waals surface area contributed by atoms with Crippen LogP contribution in [0.5, 0.6) is 0 Å². The highest BCUT2D eigenvalue weighted by Crippen LogP contribution is 2.25. The highest BCUT2D eigenvalue weighted by atomic mass is 16.5. The zero-order chi connectivity index (χ0) is 22.1. The van der Waals surface area contributed by atoms with Gasteiger partial charge in [0.1, 0.15) is 6.54 Å². The van der Waals surface area contributed by atoms with E-state index in [0.717, 1.165) is 19.3 Å². The first-order valence-electron chi connectivity index (χ1n) is 10.7.